The maximum Gasteiger partial charge on any atom is 0.257 e. The number of hydrogen-bond acceptors (Lipinski definition) is 7. The van der Waals surface area contributed by atoms with E-state index < -0.39 is 10.0 Å². The minimum absolute atomic E-state index is 0.156. The van der Waals surface area contributed by atoms with Crippen LogP contribution in [-0.2, 0) is 14.8 Å². The van der Waals surface area contributed by atoms with Crippen molar-refractivity contribution >= 4 is 32.4 Å². The fourth-order valence-electron chi connectivity index (χ4n) is 3.29. The van der Waals surface area contributed by atoms with Gasteiger partial charge in [-0.25, -0.2) is 13.4 Å². The second-order valence-corrected chi connectivity index (χ2v) is 10.2. The molecule has 1 aliphatic heterocycles. The average molecular weight is 488 g/mol. The molecule has 2 aromatic carbocycles. The highest BCUT2D eigenvalue weighted by Gasteiger charge is 2.26. The van der Waals surface area contributed by atoms with Crippen molar-refractivity contribution in [3.05, 3.63) is 59.5 Å². The third-order valence-corrected chi connectivity index (χ3v) is 7.74. The molecule has 1 aliphatic rings. The summed E-state index contributed by atoms with van der Waals surface area (Å²) in [7, 11) is -3.60. The largest absolute Gasteiger partial charge is 0.494 e. The maximum atomic E-state index is 12.7. The minimum Gasteiger partial charge on any atom is -0.494 e. The molecule has 3 aromatic rings. The molecule has 0 bridgehead atoms. The molecule has 1 N–H and O–H groups in total. The monoisotopic (exact) mass is 487 g/mol. The van der Waals surface area contributed by atoms with Gasteiger partial charge in [-0.3, -0.25) is 10.1 Å². The Bertz CT molecular complexity index is 1190. The van der Waals surface area contributed by atoms with Gasteiger partial charge >= 0.3 is 0 Å². The van der Waals surface area contributed by atoms with Crippen LogP contribution in [0.5, 0.6) is 5.75 Å². The number of nitrogens with one attached hydrogen (secondary N) is 1. The fourth-order valence-corrected chi connectivity index (χ4v) is 5.41. The van der Waals surface area contributed by atoms with Gasteiger partial charge in [0.05, 0.1) is 30.4 Å². The number of benzene rings is 2. The van der Waals surface area contributed by atoms with Crippen molar-refractivity contribution in [2.24, 2.45) is 0 Å². The quantitative estimate of drug-likeness (QED) is 0.518. The normalized spacial score (nSPS) is 14.7. The number of carbonyl (C=O) groups excluding carboxylic acids is 1. The van der Waals surface area contributed by atoms with E-state index in [1.54, 1.807) is 0 Å². The third-order valence-electron chi connectivity index (χ3n) is 5.07. The number of rotatable bonds is 8. The number of sulfonamides is 1. The van der Waals surface area contributed by atoms with Gasteiger partial charge < -0.3 is 9.47 Å². The first-order valence-electron chi connectivity index (χ1n) is 10.7. The van der Waals surface area contributed by atoms with Crippen LogP contribution in [0.2, 0.25) is 0 Å². The van der Waals surface area contributed by atoms with Gasteiger partial charge in [0.2, 0.25) is 10.0 Å². The predicted octanol–water partition coefficient (Wildman–Crippen LogP) is 3.87. The fraction of sp³-hybridized carbons (Fsp3) is 0.304. The van der Waals surface area contributed by atoms with Gasteiger partial charge in [0.1, 0.15) is 5.75 Å². The molecule has 1 aromatic heterocycles. The molecule has 0 saturated carbocycles. The van der Waals surface area contributed by atoms with E-state index >= 15 is 0 Å². The van der Waals surface area contributed by atoms with Crippen molar-refractivity contribution in [1.29, 1.82) is 0 Å². The van der Waals surface area contributed by atoms with Gasteiger partial charge in [-0.2, -0.15) is 4.31 Å². The summed E-state index contributed by atoms with van der Waals surface area (Å²) in [6, 6.07) is 13.6. The molecule has 0 radical (unpaired) electrons. The zero-order chi connectivity index (χ0) is 23.3. The second-order valence-electron chi connectivity index (χ2n) is 7.41. The first kappa shape index (κ1) is 23.4. The van der Waals surface area contributed by atoms with Crippen LogP contribution in [0, 0.1) is 0 Å². The molecule has 0 aliphatic carbocycles. The standard InChI is InChI=1S/C23H25N3O5S2/c1-2-13-31-19-7-3-17(4-8-19)21-16-32-23(24-21)25-22(27)18-5-9-20(10-6-18)33(28,29)26-11-14-30-15-12-26/h3-10,16H,2,11-15H2,1H3,(H,24,25,27). The molecule has 174 valence electrons. The van der Waals surface area contributed by atoms with E-state index in [1.807, 2.05) is 29.6 Å². The van der Waals surface area contributed by atoms with Crippen molar-refractivity contribution in [3.63, 3.8) is 0 Å². The topological polar surface area (TPSA) is 97.8 Å². The molecule has 1 saturated heterocycles. The molecule has 1 fully saturated rings. The van der Waals surface area contributed by atoms with Crippen LogP contribution in [0.3, 0.4) is 0 Å². The molecular weight excluding hydrogens is 462 g/mol. The second kappa shape index (κ2) is 10.4. The van der Waals surface area contributed by atoms with E-state index in [4.69, 9.17) is 9.47 Å². The van der Waals surface area contributed by atoms with Crippen molar-refractivity contribution in [3.8, 4) is 17.0 Å². The van der Waals surface area contributed by atoms with Crippen molar-refractivity contribution < 1.29 is 22.7 Å². The number of amides is 1. The summed E-state index contributed by atoms with van der Waals surface area (Å²) in [6.45, 7) is 4.14. The lowest BCUT2D eigenvalue weighted by Gasteiger charge is -2.26. The Morgan fingerprint density at radius 3 is 2.48 bits per heavy atom. The van der Waals surface area contributed by atoms with E-state index in [-0.39, 0.29) is 10.8 Å². The summed E-state index contributed by atoms with van der Waals surface area (Å²) < 4.78 is 37.7. The Morgan fingerprint density at radius 2 is 1.82 bits per heavy atom. The van der Waals surface area contributed by atoms with E-state index in [0.29, 0.717) is 43.6 Å². The highest BCUT2D eigenvalue weighted by Crippen LogP contribution is 2.27. The van der Waals surface area contributed by atoms with Crippen molar-refractivity contribution in [2.45, 2.75) is 18.2 Å². The number of anilines is 1. The Morgan fingerprint density at radius 1 is 1.12 bits per heavy atom. The molecule has 33 heavy (non-hydrogen) atoms. The SMILES string of the molecule is CCCOc1ccc(-c2csc(NC(=O)c3ccc(S(=O)(=O)N4CCOCC4)cc3)n2)cc1. The van der Waals surface area contributed by atoms with E-state index in [0.717, 1.165) is 23.4 Å². The lowest BCUT2D eigenvalue weighted by Crippen LogP contribution is -2.40. The molecular formula is C23H25N3O5S2. The highest BCUT2D eigenvalue weighted by atomic mass is 32.2. The molecule has 8 nitrogen and oxygen atoms in total. The first-order chi connectivity index (χ1) is 16.0. The predicted molar refractivity (Wildman–Crippen MR) is 127 cm³/mol. The van der Waals surface area contributed by atoms with Crippen LogP contribution in [0.25, 0.3) is 11.3 Å². The summed E-state index contributed by atoms with van der Waals surface area (Å²) in [5, 5.41) is 5.11. The van der Waals surface area contributed by atoms with Gasteiger partial charge in [0.25, 0.3) is 5.91 Å². The number of morpholine rings is 1. The van der Waals surface area contributed by atoms with Crippen molar-refractivity contribution in [2.75, 3.05) is 38.2 Å². The lowest BCUT2D eigenvalue weighted by atomic mass is 10.2. The van der Waals surface area contributed by atoms with Gasteiger partial charge in [0, 0.05) is 29.6 Å². The molecule has 10 heteroatoms. The summed E-state index contributed by atoms with van der Waals surface area (Å²) in [5.74, 6) is 0.456. The van der Waals surface area contributed by atoms with Crippen LogP contribution in [-0.4, -0.2) is 56.5 Å². The molecule has 0 spiro atoms. The molecule has 4 rings (SSSR count). The summed E-state index contributed by atoms with van der Waals surface area (Å²) in [6.07, 6.45) is 0.948. The Balaban J connectivity index is 1.40. The lowest BCUT2D eigenvalue weighted by molar-refractivity contribution is 0.0730. The average Bonchev–Trinajstić information content (AvgIpc) is 3.32. The van der Waals surface area contributed by atoms with Crippen LogP contribution < -0.4 is 10.1 Å². The summed E-state index contributed by atoms with van der Waals surface area (Å²) in [5.41, 5.74) is 2.03. The van der Waals surface area contributed by atoms with Crippen LogP contribution >= 0.6 is 11.3 Å². The van der Waals surface area contributed by atoms with Crippen molar-refractivity contribution in [1.82, 2.24) is 9.29 Å². The number of aromatic nitrogens is 1. The Hall–Kier alpha value is -2.79. The van der Waals surface area contributed by atoms with Gasteiger partial charge in [-0.05, 0) is 55.0 Å². The van der Waals surface area contributed by atoms with E-state index in [2.05, 4.69) is 17.2 Å². The van der Waals surface area contributed by atoms with Gasteiger partial charge in [0.15, 0.2) is 5.13 Å². The van der Waals surface area contributed by atoms with E-state index in [9.17, 15) is 13.2 Å². The van der Waals surface area contributed by atoms with Crippen LogP contribution in [0.1, 0.15) is 23.7 Å². The zero-order valence-corrected chi connectivity index (χ0v) is 19.8. The number of carbonyl (C=O) groups is 1. The summed E-state index contributed by atoms with van der Waals surface area (Å²) >= 11 is 1.32. The van der Waals surface area contributed by atoms with E-state index in [1.165, 1.54) is 39.9 Å². The molecule has 0 atom stereocenters. The third kappa shape index (κ3) is 5.59. The smallest absolute Gasteiger partial charge is 0.257 e. The Labute approximate surface area is 197 Å². The molecule has 1 amide bonds. The first-order valence-corrected chi connectivity index (χ1v) is 13.0. The number of nitrogens with zero attached hydrogens (tertiary/aromatic N) is 2. The molecule has 0 unspecified atom stereocenters. The van der Waals surface area contributed by atoms with Gasteiger partial charge in [-0.1, -0.05) is 6.92 Å². The Kier molecular flexibility index (Phi) is 7.39. The number of thiazole rings is 1. The summed E-state index contributed by atoms with van der Waals surface area (Å²) in [4.78, 5) is 17.3. The van der Waals surface area contributed by atoms with Gasteiger partial charge in [-0.15, -0.1) is 11.3 Å². The highest BCUT2D eigenvalue weighted by molar-refractivity contribution is 7.89. The number of hydrogen-bond donors (Lipinski definition) is 1. The van der Waals surface area contributed by atoms with Crippen LogP contribution in [0.4, 0.5) is 5.13 Å². The molecule has 2 heterocycles. The zero-order valence-electron chi connectivity index (χ0n) is 18.2. The van der Waals surface area contributed by atoms with Crippen LogP contribution in [0.15, 0.2) is 58.8 Å². The number of ether oxygens (including phenoxy) is 2. The maximum absolute atomic E-state index is 12.7. The minimum atomic E-state index is -3.60.